The second-order valence-electron chi connectivity index (χ2n) is 4.92. The Morgan fingerprint density at radius 3 is 2.62 bits per heavy atom. The number of piperidine rings is 1. The molecule has 2 atom stereocenters. The minimum absolute atomic E-state index is 0.0169. The van der Waals surface area contributed by atoms with E-state index in [0.29, 0.717) is 19.4 Å². The van der Waals surface area contributed by atoms with Crippen LogP contribution in [0.15, 0.2) is 0 Å². The smallest absolute Gasteiger partial charge is 0.220 e. The minimum atomic E-state index is -3.07. The topological polar surface area (TPSA) is 66.5 Å². The number of carbonyl (C=O) groups excluding carboxylic acids is 1. The average Bonchev–Trinajstić information content (AvgIpc) is 2.99. The van der Waals surface area contributed by atoms with Crippen LogP contribution in [0, 0.1) is 0 Å². The first-order chi connectivity index (χ1) is 7.59. The van der Waals surface area contributed by atoms with Gasteiger partial charge in [0.1, 0.15) is 0 Å². The molecule has 1 N–H and O–H groups in total. The van der Waals surface area contributed by atoms with Crippen LogP contribution < -0.4 is 5.32 Å². The first-order valence-electron chi connectivity index (χ1n) is 5.89. The van der Waals surface area contributed by atoms with E-state index < -0.39 is 10.0 Å². The van der Waals surface area contributed by atoms with Crippen LogP contribution in [0.2, 0.25) is 0 Å². The molecule has 0 aromatic carbocycles. The van der Waals surface area contributed by atoms with Crippen molar-refractivity contribution in [2.24, 2.45) is 0 Å². The minimum Gasteiger partial charge on any atom is -0.352 e. The van der Waals surface area contributed by atoms with E-state index in [1.165, 1.54) is 0 Å². The fourth-order valence-electron chi connectivity index (χ4n) is 2.77. The zero-order valence-electron chi connectivity index (χ0n) is 9.05. The number of rotatable bonds is 2. The Bertz CT molecular complexity index is 416. The van der Waals surface area contributed by atoms with Crippen molar-refractivity contribution in [3.8, 4) is 0 Å². The maximum Gasteiger partial charge on any atom is 0.220 e. The van der Waals surface area contributed by atoms with Gasteiger partial charge in [0.05, 0.1) is 5.25 Å². The van der Waals surface area contributed by atoms with Crippen molar-refractivity contribution in [3.05, 3.63) is 0 Å². The molecule has 3 aliphatic rings. The van der Waals surface area contributed by atoms with Crippen LogP contribution in [0.3, 0.4) is 0 Å². The summed E-state index contributed by atoms with van der Waals surface area (Å²) in [7, 11) is -3.07. The second kappa shape index (κ2) is 3.43. The monoisotopic (exact) mass is 244 g/mol. The van der Waals surface area contributed by atoms with Gasteiger partial charge in [-0.25, -0.2) is 8.42 Å². The fraction of sp³-hybridized carbons (Fsp3) is 0.900. The summed E-state index contributed by atoms with van der Waals surface area (Å²) >= 11 is 0. The highest BCUT2D eigenvalue weighted by Gasteiger charge is 2.48. The van der Waals surface area contributed by atoms with Crippen LogP contribution in [0.25, 0.3) is 0 Å². The number of nitrogens with one attached hydrogen (secondary N) is 1. The van der Waals surface area contributed by atoms with Gasteiger partial charge >= 0.3 is 0 Å². The lowest BCUT2D eigenvalue weighted by Crippen LogP contribution is -2.51. The van der Waals surface area contributed by atoms with E-state index >= 15 is 0 Å². The maximum absolute atomic E-state index is 12.1. The van der Waals surface area contributed by atoms with Crippen molar-refractivity contribution in [1.82, 2.24) is 9.62 Å². The third kappa shape index (κ3) is 1.55. The van der Waals surface area contributed by atoms with E-state index in [1.54, 1.807) is 4.31 Å². The Kier molecular flexibility index (Phi) is 2.26. The number of hydrogen-bond acceptors (Lipinski definition) is 3. The molecule has 5 nitrogen and oxygen atoms in total. The fourth-order valence-corrected chi connectivity index (χ4v) is 4.87. The molecule has 0 aromatic heterocycles. The molecule has 0 bridgehead atoms. The highest BCUT2D eigenvalue weighted by Crippen LogP contribution is 2.36. The van der Waals surface area contributed by atoms with Crippen LogP contribution >= 0.6 is 0 Å². The average molecular weight is 244 g/mol. The number of hydrogen-bond donors (Lipinski definition) is 1. The lowest BCUT2D eigenvalue weighted by Gasteiger charge is -2.31. The normalized spacial score (nSPS) is 35.9. The number of sulfonamides is 1. The summed E-state index contributed by atoms with van der Waals surface area (Å²) in [5.74, 6) is 0.0620. The van der Waals surface area contributed by atoms with Crippen molar-refractivity contribution >= 4 is 15.9 Å². The van der Waals surface area contributed by atoms with Crippen molar-refractivity contribution in [2.75, 3.05) is 6.54 Å². The predicted octanol–water partition coefficient (Wildman–Crippen LogP) is -0.169. The van der Waals surface area contributed by atoms with Gasteiger partial charge in [-0.05, 0) is 25.7 Å². The van der Waals surface area contributed by atoms with E-state index in [-0.39, 0.29) is 23.2 Å². The molecular weight excluding hydrogens is 228 g/mol. The Labute approximate surface area is 95.2 Å². The first-order valence-corrected chi connectivity index (χ1v) is 7.39. The van der Waals surface area contributed by atoms with E-state index in [9.17, 15) is 13.2 Å². The molecule has 0 unspecified atom stereocenters. The van der Waals surface area contributed by atoms with Crippen LogP contribution in [0.1, 0.15) is 32.1 Å². The number of amides is 1. The van der Waals surface area contributed by atoms with Gasteiger partial charge < -0.3 is 5.32 Å². The molecule has 2 aliphatic heterocycles. The molecule has 1 aliphatic carbocycles. The summed E-state index contributed by atoms with van der Waals surface area (Å²) < 4.78 is 25.9. The maximum atomic E-state index is 12.1. The Hall–Kier alpha value is -0.620. The molecule has 0 radical (unpaired) electrons. The Morgan fingerprint density at radius 2 is 1.94 bits per heavy atom. The van der Waals surface area contributed by atoms with Crippen molar-refractivity contribution in [3.63, 3.8) is 0 Å². The summed E-state index contributed by atoms with van der Waals surface area (Å²) in [6, 6.07) is 0.0677. The van der Waals surface area contributed by atoms with Crippen LogP contribution in [-0.2, 0) is 14.8 Å². The van der Waals surface area contributed by atoms with Crippen LogP contribution in [0.5, 0.6) is 0 Å². The molecule has 16 heavy (non-hydrogen) atoms. The van der Waals surface area contributed by atoms with Gasteiger partial charge in [-0.2, -0.15) is 4.31 Å². The number of carbonyl (C=O) groups is 1. The third-order valence-corrected chi connectivity index (χ3v) is 6.20. The summed E-state index contributed by atoms with van der Waals surface area (Å²) in [6.07, 6.45) is 3.52. The van der Waals surface area contributed by atoms with Gasteiger partial charge in [-0.3, -0.25) is 4.79 Å². The SMILES string of the molecule is O=C1CC[C@H]2[C@@H](CCN2S(=O)(=O)C2CC2)N1. The quantitative estimate of drug-likeness (QED) is 0.733. The third-order valence-electron chi connectivity index (χ3n) is 3.78. The molecule has 3 rings (SSSR count). The largest absolute Gasteiger partial charge is 0.352 e. The summed E-state index contributed by atoms with van der Waals surface area (Å²) in [4.78, 5) is 11.2. The summed E-state index contributed by atoms with van der Waals surface area (Å²) in [5.41, 5.74) is 0. The Balaban J connectivity index is 1.81. The van der Waals surface area contributed by atoms with E-state index in [4.69, 9.17) is 0 Å². The van der Waals surface area contributed by atoms with Gasteiger partial charge in [-0.15, -0.1) is 0 Å². The van der Waals surface area contributed by atoms with Crippen molar-refractivity contribution in [2.45, 2.75) is 49.4 Å². The van der Waals surface area contributed by atoms with Gasteiger partial charge in [-0.1, -0.05) is 0 Å². The first kappa shape index (κ1) is 10.5. The lowest BCUT2D eigenvalue weighted by atomic mass is 10.00. The Morgan fingerprint density at radius 1 is 1.19 bits per heavy atom. The number of nitrogens with zero attached hydrogens (tertiary/aromatic N) is 1. The molecule has 3 fully saturated rings. The van der Waals surface area contributed by atoms with Crippen LogP contribution in [0.4, 0.5) is 0 Å². The zero-order valence-corrected chi connectivity index (χ0v) is 9.87. The highest BCUT2D eigenvalue weighted by atomic mass is 32.2. The highest BCUT2D eigenvalue weighted by molar-refractivity contribution is 7.90. The van der Waals surface area contributed by atoms with Gasteiger partial charge in [0.15, 0.2) is 0 Å². The second-order valence-corrected chi connectivity index (χ2v) is 7.09. The van der Waals surface area contributed by atoms with Crippen molar-refractivity contribution in [1.29, 1.82) is 0 Å². The van der Waals surface area contributed by atoms with Gasteiger partial charge in [0, 0.05) is 25.0 Å². The van der Waals surface area contributed by atoms with E-state index in [0.717, 1.165) is 19.3 Å². The van der Waals surface area contributed by atoms with Gasteiger partial charge in [0.25, 0.3) is 0 Å². The summed E-state index contributed by atoms with van der Waals surface area (Å²) in [5, 5.41) is 2.76. The zero-order chi connectivity index (χ0) is 11.3. The van der Waals surface area contributed by atoms with E-state index in [1.807, 2.05) is 0 Å². The molecule has 0 spiro atoms. The molecule has 2 heterocycles. The molecule has 1 saturated carbocycles. The predicted molar refractivity (Wildman–Crippen MR) is 58.2 cm³/mol. The van der Waals surface area contributed by atoms with Gasteiger partial charge in [0.2, 0.25) is 15.9 Å². The molecule has 2 saturated heterocycles. The molecule has 90 valence electrons. The van der Waals surface area contributed by atoms with Crippen LogP contribution in [-0.4, -0.2) is 42.5 Å². The van der Waals surface area contributed by atoms with Crippen molar-refractivity contribution < 1.29 is 13.2 Å². The number of fused-ring (bicyclic) bond motifs is 1. The molecule has 6 heteroatoms. The molecular formula is C10H16N2O3S. The molecule has 1 amide bonds. The standard InChI is InChI=1S/C10H16N2O3S/c13-10-4-3-9-8(11-10)5-6-12(9)16(14,15)7-1-2-7/h7-9H,1-6H2,(H,11,13)/t8-,9+/m1/s1. The molecule has 0 aromatic rings. The van der Waals surface area contributed by atoms with E-state index in [2.05, 4.69) is 5.32 Å². The summed E-state index contributed by atoms with van der Waals surface area (Å²) in [6.45, 7) is 0.578. The lowest BCUT2D eigenvalue weighted by molar-refractivity contribution is -0.123.